The van der Waals surface area contributed by atoms with Crippen LogP contribution in [0.15, 0.2) is 110 Å². The smallest absolute Gasteiger partial charge is 0.159 e. The number of piperidine rings is 2. The summed E-state index contributed by atoms with van der Waals surface area (Å²) in [6, 6.07) is 28.3. The molecule has 2 aliphatic heterocycles. The van der Waals surface area contributed by atoms with Crippen molar-refractivity contribution >= 4 is 0 Å². The van der Waals surface area contributed by atoms with E-state index in [0.29, 0.717) is 28.6 Å². The highest BCUT2D eigenvalue weighted by molar-refractivity contribution is 5.70. The largest absolute Gasteiger partial charge is 0.497 e. The summed E-state index contributed by atoms with van der Waals surface area (Å²) >= 11 is 0. The Morgan fingerprint density at radius 1 is 0.635 bits per heavy atom. The van der Waals surface area contributed by atoms with Crippen molar-refractivity contribution in [3.05, 3.63) is 132 Å². The highest BCUT2D eigenvalue weighted by Gasteiger charge is 2.29. The number of aromatic nitrogens is 5. The third kappa shape index (κ3) is 12.2. The molecule has 0 bridgehead atoms. The van der Waals surface area contributed by atoms with Crippen molar-refractivity contribution in [1.29, 1.82) is 5.26 Å². The molecular formula is C53H61FN8O. The van der Waals surface area contributed by atoms with Crippen LogP contribution in [0.25, 0.3) is 45.0 Å². The van der Waals surface area contributed by atoms with Gasteiger partial charge in [0, 0.05) is 72.0 Å². The van der Waals surface area contributed by atoms with E-state index >= 15 is 0 Å². The summed E-state index contributed by atoms with van der Waals surface area (Å²) in [6.07, 6.45) is 11.7. The number of nitrogens with zero attached hydrogens (tertiary/aromatic N) is 8. The van der Waals surface area contributed by atoms with E-state index in [0.717, 1.165) is 121 Å². The Hall–Kier alpha value is -5.89. The Labute approximate surface area is 373 Å². The molecule has 0 spiro atoms. The lowest BCUT2D eigenvalue weighted by Crippen LogP contribution is -2.38. The molecule has 5 heterocycles. The Morgan fingerprint density at radius 3 is 1.59 bits per heavy atom. The van der Waals surface area contributed by atoms with E-state index in [9.17, 15) is 9.65 Å². The summed E-state index contributed by atoms with van der Waals surface area (Å²) < 4.78 is 18.9. The predicted molar refractivity (Wildman–Crippen MR) is 251 cm³/mol. The molecular weight excluding hydrogens is 784 g/mol. The van der Waals surface area contributed by atoms with Crippen LogP contribution < -0.4 is 4.74 Å². The fourth-order valence-corrected chi connectivity index (χ4v) is 8.85. The summed E-state index contributed by atoms with van der Waals surface area (Å²) in [7, 11) is 1.70. The van der Waals surface area contributed by atoms with Crippen molar-refractivity contribution in [3.8, 4) is 56.8 Å². The van der Waals surface area contributed by atoms with E-state index in [4.69, 9.17) is 19.7 Å². The van der Waals surface area contributed by atoms with Crippen molar-refractivity contribution in [2.75, 3.05) is 46.4 Å². The third-order valence-corrected chi connectivity index (χ3v) is 11.7. The van der Waals surface area contributed by atoms with Crippen LogP contribution in [0.1, 0.15) is 96.0 Å². The zero-order valence-electron chi connectivity index (χ0n) is 38.0. The molecule has 2 aliphatic rings. The zero-order valence-corrected chi connectivity index (χ0v) is 38.0. The van der Waals surface area contributed by atoms with Crippen LogP contribution >= 0.6 is 0 Å². The van der Waals surface area contributed by atoms with Crippen molar-refractivity contribution in [2.24, 2.45) is 10.8 Å². The van der Waals surface area contributed by atoms with Crippen molar-refractivity contribution < 1.29 is 9.13 Å². The first kappa shape index (κ1) is 45.1. The van der Waals surface area contributed by atoms with E-state index in [2.05, 4.69) is 79.5 Å². The Balaban J connectivity index is 0.000000189. The number of nitriles is 1. The van der Waals surface area contributed by atoms with Crippen LogP contribution in [-0.4, -0.2) is 81.1 Å². The molecule has 0 amide bonds. The number of methoxy groups -OCH3 is 1. The molecule has 3 aromatic heterocycles. The second kappa shape index (κ2) is 20.1. The van der Waals surface area contributed by atoms with Crippen LogP contribution in [0.3, 0.4) is 0 Å². The van der Waals surface area contributed by atoms with Crippen LogP contribution in [0.2, 0.25) is 0 Å². The first-order valence-corrected chi connectivity index (χ1v) is 22.2. The lowest BCUT2D eigenvalue weighted by Gasteiger charge is -2.36. The van der Waals surface area contributed by atoms with Crippen LogP contribution in [0.5, 0.6) is 5.75 Å². The van der Waals surface area contributed by atoms with Gasteiger partial charge >= 0.3 is 0 Å². The van der Waals surface area contributed by atoms with E-state index < -0.39 is 0 Å². The Bertz CT molecular complexity index is 2470. The van der Waals surface area contributed by atoms with Crippen molar-refractivity contribution in [3.63, 3.8) is 0 Å². The van der Waals surface area contributed by atoms with Gasteiger partial charge in [0.15, 0.2) is 11.6 Å². The van der Waals surface area contributed by atoms with Crippen LogP contribution in [0, 0.1) is 28.0 Å². The summed E-state index contributed by atoms with van der Waals surface area (Å²) in [5.74, 6) is 2.68. The second-order valence-corrected chi connectivity index (χ2v) is 19.4. The van der Waals surface area contributed by atoms with E-state index in [1.807, 2.05) is 60.9 Å². The molecule has 3 aromatic carbocycles. The van der Waals surface area contributed by atoms with Gasteiger partial charge in [-0.3, -0.25) is 4.98 Å². The number of hydrogen-bond donors (Lipinski definition) is 0. The number of halogens is 1. The SMILES string of the molecule is CC(C)(C)CN1CCC(c2nc(-c3ccc(F)cc3)ncc2-c2cccc(C#N)c2)CC1.COc1cccc(-c2cnc(-c3ccncc3)nc2C2CCN(CC(C)(C)C)CC2)c1. The maximum atomic E-state index is 13.4. The van der Waals surface area contributed by atoms with Crippen LogP contribution in [0.4, 0.5) is 4.39 Å². The van der Waals surface area contributed by atoms with Gasteiger partial charge in [-0.15, -0.1) is 0 Å². The summed E-state index contributed by atoms with van der Waals surface area (Å²) in [5, 5.41) is 9.35. The highest BCUT2D eigenvalue weighted by Crippen LogP contribution is 2.38. The third-order valence-electron chi connectivity index (χ3n) is 11.7. The van der Waals surface area contributed by atoms with E-state index in [1.165, 1.54) is 12.1 Å². The molecule has 10 heteroatoms. The molecule has 0 unspecified atom stereocenters. The minimum atomic E-state index is -0.273. The van der Waals surface area contributed by atoms with Gasteiger partial charge in [0.05, 0.1) is 30.1 Å². The summed E-state index contributed by atoms with van der Waals surface area (Å²) in [5.41, 5.74) is 9.32. The molecule has 0 radical (unpaired) electrons. The average Bonchev–Trinajstić information content (AvgIpc) is 3.29. The topological polar surface area (TPSA) is 104 Å². The number of rotatable bonds is 9. The number of benzene rings is 3. The maximum Gasteiger partial charge on any atom is 0.159 e. The van der Waals surface area contributed by atoms with Gasteiger partial charge in [-0.1, -0.05) is 65.8 Å². The molecule has 0 N–H and O–H groups in total. The monoisotopic (exact) mass is 844 g/mol. The molecule has 2 fully saturated rings. The fraction of sp³-hybridized carbons (Fsp3) is 0.396. The van der Waals surface area contributed by atoms with E-state index in [-0.39, 0.29) is 11.2 Å². The fourth-order valence-electron chi connectivity index (χ4n) is 8.85. The van der Waals surface area contributed by atoms with Gasteiger partial charge in [-0.05, 0) is 134 Å². The molecule has 9 nitrogen and oxygen atoms in total. The quantitative estimate of drug-likeness (QED) is 0.141. The molecule has 0 aliphatic carbocycles. The molecule has 6 aromatic rings. The lowest BCUT2D eigenvalue weighted by atomic mass is 9.87. The zero-order chi connectivity index (χ0) is 44.6. The maximum absolute atomic E-state index is 13.4. The number of pyridine rings is 1. The minimum absolute atomic E-state index is 0.273. The van der Waals surface area contributed by atoms with Gasteiger partial charge in [-0.25, -0.2) is 24.3 Å². The Morgan fingerprint density at radius 2 is 1.11 bits per heavy atom. The minimum Gasteiger partial charge on any atom is -0.497 e. The van der Waals surface area contributed by atoms with Gasteiger partial charge in [-0.2, -0.15) is 5.26 Å². The highest BCUT2D eigenvalue weighted by atomic mass is 19.1. The van der Waals surface area contributed by atoms with E-state index in [1.54, 1.807) is 31.6 Å². The number of ether oxygens (including phenoxy) is 1. The van der Waals surface area contributed by atoms with Gasteiger partial charge < -0.3 is 14.5 Å². The van der Waals surface area contributed by atoms with Crippen molar-refractivity contribution in [1.82, 2.24) is 34.7 Å². The number of hydrogen-bond acceptors (Lipinski definition) is 9. The lowest BCUT2D eigenvalue weighted by molar-refractivity contribution is 0.153. The molecule has 2 saturated heterocycles. The average molecular weight is 845 g/mol. The second-order valence-electron chi connectivity index (χ2n) is 19.4. The summed E-state index contributed by atoms with van der Waals surface area (Å²) in [6.45, 7) is 20.3. The molecule has 0 saturated carbocycles. The molecule has 63 heavy (non-hydrogen) atoms. The molecule has 326 valence electrons. The standard InChI is InChI=1S/C27H29FN4.C26H32N4O/c1-27(2,3)18-32-13-11-20(12-14-32)25-24(22-6-4-5-19(15-22)16-29)17-30-26(31-25)21-7-9-23(28)10-8-21;1-26(2,3)18-30-14-10-19(11-15-30)24-23(21-6-5-7-22(16-21)31-4)17-28-25(29-24)20-8-12-27-13-9-20/h4-10,15,17,20H,11-14,18H2,1-3H3;5-9,12-13,16-17,19H,10-11,14-15,18H2,1-4H3. The summed E-state index contributed by atoms with van der Waals surface area (Å²) in [4.78, 5) is 28.7. The molecule has 8 rings (SSSR count). The van der Waals surface area contributed by atoms with Gasteiger partial charge in [0.2, 0.25) is 0 Å². The van der Waals surface area contributed by atoms with Gasteiger partial charge in [0.25, 0.3) is 0 Å². The first-order chi connectivity index (χ1) is 30.2. The first-order valence-electron chi connectivity index (χ1n) is 22.2. The molecule has 0 atom stereocenters. The van der Waals surface area contributed by atoms with Gasteiger partial charge in [0.1, 0.15) is 11.6 Å². The van der Waals surface area contributed by atoms with Crippen LogP contribution in [-0.2, 0) is 0 Å². The van der Waals surface area contributed by atoms with Crippen molar-refractivity contribution in [2.45, 2.75) is 79.1 Å². The number of likely N-dealkylation sites (tertiary alicyclic amines) is 2. The normalized spacial score (nSPS) is 15.6. The predicted octanol–water partition coefficient (Wildman–Crippen LogP) is 11.5. The Kier molecular flexibility index (Phi) is 14.4.